The van der Waals surface area contributed by atoms with Crippen molar-refractivity contribution in [3.63, 3.8) is 0 Å². The van der Waals surface area contributed by atoms with Crippen LogP contribution in [0.25, 0.3) is 10.8 Å². The Hall–Kier alpha value is -1.83. The summed E-state index contributed by atoms with van der Waals surface area (Å²) in [5.41, 5.74) is 2.59. The number of piperidine rings is 1. The van der Waals surface area contributed by atoms with Gasteiger partial charge < -0.3 is 4.90 Å². The third-order valence-electron chi connectivity index (χ3n) is 5.05. The van der Waals surface area contributed by atoms with Crippen LogP contribution in [-0.2, 0) is 11.3 Å². The lowest BCUT2D eigenvalue weighted by Gasteiger charge is -2.27. The van der Waals surface area contributed by atoms with Crippen molar-refractivity contribution in [2.45, 2.75) is 38.8 Å². The lowest BCUT2D eigenvalue weighted by Crippen LogP contribution is -2.36. The first-order valence-electron chi connectivity index (χ1n) is 7.52. The van der Waals surface area contributed by atoms with E-state index in [1.807, 2.05) is 0 Å². The third-order valence-corrected chi connectivity index (χ3v) is 5.05. The number of carbonyl (C=O) groups excluding carboxylic acids is 1. The van der Waals surface area contributed by atoms with Gasteiger partial charge in [0.2, 0.25) is 5.91 Å². The molecule has 2 heteroatoms. The predicted octanol–water partition coefficient (Wildman–Crippen LogP) is 3.66. The molecule has 1 aliphatic carbocycles. The second kappa shape index (κ2) is 4.34. The summed E-state index contributed by atoms with van der Waals surface area (Å²) in [6.07, 6.45) is 3.39. The summed E-state index contributed by atoms with van der Waals surface area (Å²) in [4.78, 5) is 14.4. The van der Waals surface area contributed by atoms with E-state index in [2.05, 4.69) is 48.2 Å². The molecule has 1 heterocycles. The Labute approximate surface area is 119 Å². The molecule has 0 unspecified atom stereocenters. The first kappa shape index (κ1) is 12.0. The minimum atomic E-state index is 0.316. The van der Waals surface area contributed by atoms with Crippen molar-refractivity contribution in [3.8, 4) is 0 Å². The molecule has 1 saturated heterocycles. The van der Waals surface area contributed by atoms with Gasteiger partial charge in [0.15, 0.2) is 0 Å². The van der Waals surface area contributed by atoms with Gasteiger partial charge in [-0.1, -0.05) is 36.4 Å². The zero-order chi connectivity index (χ0) is 13.7. The molecule has 1 saturated carbocycles. The van der Waals surface area contributed by atoms with Crippen molar-refractivity contribution < 1.29 is 4.79 Å². The number of aryl methyl sites for hydroxylation is 1. The highest BCUT2D eigenvalue weighted by Crippen LogP contribution is 2.39. The SMILES string of the molecule is Cc1ccc(CN2C(=O)[C@@H]3CC[C@H]2C3)c2ccccc12. The Balaban J connectivity index is 1.73. The van der Waals surface area contributed by atoms with Crippen LogP contribution in [0.1, 0.15) is 30.4 Å². The molecule has 2 aliphatic rings. The van der Waals surface area contributed by atoms with Crippen LogP contribution >= 0.6 is 0 Å². The van der Waals surface area contributed by atoms with E-state index in [0.717, 1.165) is 19.4 Å². The minimum absolute atomic E-state index is 0.316. The van der Waals surface area contributed by atoms with Crippen LogP contribution in [0.15, 0.2) is 36.4 Å². The minimum Gasteiger partial charge on any atom is -0.335 e. The van der Waals surface area contributed by atoms with Gasteiger partial charge in [0.25, 0.3) is 0 Å². The van der Waals surface area contributed by atoms with E-state index in [0.29, 0.717) is 17.9 Å². The van der Waals surface area contributed by atoms with Crippen LogP contribution in [0.3, 0.4) is 0 Å². The second-order valence-electron chi connectivity index (χ2n) is 6.22. The Bertz CT molecular complexity index is 691. The highest BCUT2D eigenvalue weighted by atomic mass is 16.2. The highest BCUT2D eigenvalue weighted by molar-refractivity contribution is 5.89. The standard InChI is InChI=1S/C18H19NO/c1-12-6-7-14(17-5-3-2-4-16(12)17)11-19-15-9-8-13(10-15)18(19)20/h2-7,13,15H,8-11H2,1H3/t13-,15+/m1/s1. The van der Waals surface area contributed by atoms with Crippen LogP contribution in [0.4, 0.5) is 0 Å². The van der Waals surface area contributed by atoms with Crippen LogP contribution in [0, 0.1) is 12.8 Å². The highest BCUT2D eigenvalue weighted by Gasteiger charge is 2.44. The number of nitrogens with zero attached hydrogens (tertiary/aromatic N) is 1. The fourth-order valence-electron chi connectivity index (χ4n) is 3.92. The average Bonchev–Trinajstić information content (AvgIpc) is 3.05. The monoisotopic (exact) mass is 265 g/mol. The summed E-state index contributed by atoms with van der Waals surface area (Å²) in [5, 5.41) is 2.60. The molecule has 2 bridgehead atoms. The number of rotatable bonds is 2. The van der Waals surface area contributed by atoms with Crippen LogP contribution in [-0.4, -0.2) is 16.8 Å². The molecule has 1 aliphatic heterocycles. The van der Waals surface area contributed by atoms with E-state index in [1.165, 1.54) is 28.3 Å². The van der Waals surface area contributed by atoms with E-state index < -0.39 is 0 Å². The van der Waals surface area contributed by atoms with Crippen molar-refractivity contribution in [2.24, 2.45) is 5.92 Å². The quantitative estimate of drug-likeness (QED) is 0.811. The third kappa shape index (κ3) is 1.67. The molecule has 4 rings (SSSR count). The summed E-state index contributed by atoms with van der Waals surface area (Å²) < 4.78 is 0. The van der Waals surface area contributed by atoms with Crippen molar-refractivity contribution >= 4 is 16.7 Å². The number of amides is 1. The first-order chi connectivity index (χ1) is 9.74. The summed E-state index contributed by atoms with van der Waals surface area (Å²) in [5.74, 6) is 0.697. The van der Waals surface area contributed by atoms with Crippen molar-refractivity contribution in [3.05, 3.63) is 47.5 Å². The van der Waals surface area contributed by atoms with Crippen LogP contribution in [0.5, 0.6) is 0 Å². The molecular formula is C18H19NO. The molecule has 2 aromatic rings. The fraction of sp³-hybridized carbons (Fsp3) is 0.389. The fourth-order valence-corrected chi connectivity index (χ4v) is 3.92. The normalized spacial score (nSPS) is 24.9. The maximum absolute atomic E-state index is 12.3. The summed E-state index contributed by atoms with van der Waals surface area (Å²) in [6, 6.07) is 13.4. The maximum Gasteiger partial charge on any atom is 0.226 e. The Kier molecular flexibility index (Phi) is 2.59. The van der Waals surface area contributed by atoms with Gasteiger partial charge in [-0.2, -0.15) is 0 Å². The largest absolute Gasteiger partial charge is 0.335 e. The molecule has 2 aromatic carbocycles. The molecule has 2 atom stereocenters. The van der Waals surface area contributed by atoms with Crippen molar-refractivity contribution in [1.29, 1.82) is 0 Å². The molecule has 0 N–H and O–H groups in total. The van der Waals surface area contributed by atoms with Gasteiger partial charge in [0.05, 0.1) is 0 Å². The number of hydrogen-bond acceptors (Lipinski definition) is 1. The van der Waals surface area contributed by atoms with Gasteiger partial charge in [0, 0.05) is 18.5 Å². The summed E-state index contributed by atoms with van der Waals surface area (Å²) >= 11 is 0. The van der Waals surface area contributed by atoms with Gasteiger partial charge in [-0.25, -0.2) is 0 Å². The molecule has 0 radical (unpaired) electrons. The molecule has 102 valence electrons. The van der Waals surface area contributed by atoms with Crippen molar-refractivity contribution in [2.75, 3.05) is 0 Å². The van der Waals surface area contributed by atoms with Gasteiger partial charge in [-0.15, -0.1) is 0 Å². The Morgan fingerprint density at radius 1 is 1.10 bits per heavy atom. The molecule has 20 heavy (non-hydrogen) atoms. The topological polar surface area (TPSA) is 20.3 Å². The van der Waals surface area contributed by atoms with Gasteiger partial charge in [-0.3, -0.25) is 4.79 Å². The van der Waals surface area contributed by atoms with Crippen LogP contribution < -0.4 is 0 Å². The first-order valence-corrected chi connectivity index (χ1v) is 7.52. The van der Waals surface area contributed by atoms with Gasteiger partial charge in [-0.05, 0) is 48.1 Å². The lowest BCUT2D eigenvalue weighted by atomic mass is 9.99. The Morgan fingerprint density at radius 3 is 2.65 bits per heavy atom. The zero-order valence-electron chi connectivity index (χ0n) is 11.8. The molecule has 1 amide bonds. The average molecular weight is 265 g/mol. The van der Waals surface area contributed by atoms with E-state index in [1.54, 1.807) is 0 Å². The van der Waals surface area contributed by atoms with Gasteiger partial charge >= 0.3 is 0 Å². The maximum atomic E-state index is 12.3. The van der Waals surface area contributed by atoms with E-state index in [4.69, 9.17) is 0 Å². The van der Waals surface area contributed by atoms with E-state index in [-0.39, 0.29) is 0 Å². The summed E-state index contributed by atoms with van der Waals surface area (Å²) in [6.45, 7) is 2.93. The zero-order valence-corrected chi connectivity index (χ0v) is 11.8. The lowest BCUT2D eigenvalue weighted by molar-refractivity contribution is -0.134. The van der Waals surface area contributed by atoms with Crippen molar-refractivity contribution in [1.82, 2.24) is 4.90 Å². The van der Waals surface area contributed by atoms with E-state index in [9.17, 15) is 4.79 Å². The number of hydrogen-bond donors (Lipinski definition) is 0. The number of benzene rings is 2. The molecule has 2 fully saturated rings. The van der Waals surface area contributed by atoms with E-state index >= 15 is 0 Å². The second-order valence-corrected chi connectivity index (χ2v) is 6.22. The van der Waals surface area contributed by atoms with Gasteiger partial charge in [0.1, 0.15) is 0 Å². The smallest absolute Gasteiger partial charge is 0.226 e. The molecule has 0 aromatic heterocycles. The Morgan fingerprint density at radius 2 is 1.90 bits per heavy atom. The number of carbonyl (C=O) groups is 1. The number of likely N-dealkylation sites (tertiary alicyclic amines) is 1. The molecule has 0 spiro atoms. The molecular weight excluding hydrogens is 246 g/mol. The predicted molar refractivity (Wildman–Crippen MR) is 80.4 cm³/mol. The summed E-state index contributed by atoms with van der Waals surface area (Å²) in [7, 11) is 0. The number of fused-ring (bicyclic) bond motifs is 3. The van der Waals surface area contributed by atoms with Crippen LogP contribution in [0.2, 0.25) is 0 Å². The molecule has 2 nitrogen and oxygen atoms in total.